The van der Waals surface area contributed by atoms with Crippen molar-refractivity contribution < 1.29 is 0 Å². The van der Waals surface area contributed by atoms with E-state index in [0.29, 0.717) is 0 Å². The van der Waals surface area contributed by atoms with Crippen molar-refractivity contribution in [2.24, 2.45) is 0 Å². The van der Waals surface area contributed by atoms with Crippen molar-refractivity contribution in [3.8, 4) is 0 Å². The van der Waals surface area contributed by atoms with Gasteiger partial charge in [0.05, 0.1) is 5.69 Å². The zero-order valence-corrected chi connectivity index (χ0v) is 10.5. The molecule has 1 fully saturated rings. The van der Waals surface area contributed by atoms with Crippen LogP contribution >= 0.6 is 0 Å². The maximum absolute atomic E-state index is 4.55. The number of aromatic amines is 1. The fourth-order valence-electron chi connectivity index (χ4n) is 2.94. The Morgan fingerprint density at radius 2 is 1.88 bits per heavy atom. The predicted octanol–water partition coefficient (Wildman–Crippen LogP) is 1.08. The van der Waals surface area contributed by atoms with Gasteiger partial charge in [-0.25, -0.2) is 0 Å². The summed E-state index contributed by atoms with van der Waals surface area (Å²) in [7, 11) is 0. The molecule has 1 saturated heterocycles. The normalized spacial score (nSPS) is 22.1. The first-order valence-electron chi connectivity index (χ1n) is 6.91. The first-order chi connectivity index (χ1) is 8.43. The lowest BCUT2D eigenvalue weighted by atomic mass is 10.1. The Hall–Kier alpha value is -0.870. The van der Waals surface area contributed by atoms with E-state index in [-0.39, 0.29) is 0 Å². The van der Waals surface area contributed by atoms with Gasteiger partial charge in [0.2, 0.25) is 0 Å². The molecular weight excluding hydrogens is 212 g/mol. The summed E-state index contributed by atoms with van der Waals surface area (Å²) < 4.78 is 0. The molecule has 1 aliphatic carbocycles. The lowest BCUT2D eigenvalue weighted by molar-refractivity contribution is 0.230. The second kappa shape index (κ2) is 5.19. The summed E-state index contributed by atoms with van der Waals surface area (Å²) in [5, 5.41) is 11.2. The highest BCUT2D eigenvalue weighted by Crippen LogP contribution is 2.22. The molecule has 0 spiro atoms. The van der Waals surface area contributed by atoms with Crippen LogP contribution in [-0.2, 0) is 19.4 Å². The molecule has 4 nitrogen and oxygen atoms in total. The molecular formula is C13H22N4. The van der Waals surface area contributed by atoms with E-state index in [0.717, 1.165) is 32.7 Å². The standard InChI is InChI=1S/C13H22N4/c1-2-4-11-12(5-3-1)15-16-13(11)10-17-8-6-14-7-9-17/h14H,1-10H2,(H,15,16). The fraction of sp³-hybridized carbons (Fsp3) is 0.769. The highest BCUT2D eigenvalue weighted by molar-refractivity contribution is 5.26. The number of nitrogens with one attached hydrogen (secondary N) is 2. The van der Waals surface area contributed by atoms with Crippen molar-refractivity contribution in [2.75, 3.05) is 26.2 Å². The van der Waals surface area contributed by atoms with Gasteiger partial charge in [0.15, 0.2) is 0 Å². The first-order valence-corrected chi connectivity index (χ1v) is 6.91. The molecule has 2 heterocycles. The number of fused-ring (bicyclic) bond motifs is 1. The van der Waals surface area contributed by atoms with Crippen LogP contribution in [0.3, 0.4) is 0 Å². The lowest BCUT2D eigenvalue weighted by Crippen LogP contribution is -2.43. The highest BCUT2D eigenvalue weighted by atomic mass is 15.2. The van der Waals surface area contributed by atoms with Crippen molar-refractivity contribution in [1.82, 2.24) is 20.4 Å². The summed E-state index contributed by atoms with van der Waals surface area (Å²) in [4.78, 5) is 2.51. The number of nitrogens with zero attached hydrogens (tertiary/aromatic N) is 2. The molecule has 0 bridgehead atoms. The van der Waals surface area contributed by atoms with Gasteiger partial charge in [-0.15, -0.1) is 0 Å². The van der Waals surface area contributed by atoms with E-state index < -0.39 is 0 Å². The van der Waals surface area contributed by atoms with Gasteiger partial charge in [-0.05, 0) is 31.2 Å². The summed E-state index contributed by atoms with van der Waals surface area (Å²) in [5.41, 5.74) is 4.25. The Bertz CT molecular complexity index is 365. The Morgan fingerprint density at radius 1 is 1.06 bits per heavy atom. The number of aromatic nitrogens is 2. The van der Waals surface area contributed by atoms with Gasteiger partial charge in [-0.2, -0.15) is 5.10 Å². The maximum Gasteiger partial charge on any atom is 0.0797 e. The summed E-state index contributed by atoms with van der Waals surface area (Å²) in [6.07, 6.45) is 6.45. The molecule has 2 N–H and O–H groups in total. The highest BCUT2D eigenvalue weighted by Gasteiger charge is 2.18. The third-order valence-corrected chi connectivity index (χ3v) is 3.97. The molecule has 3 rings (SSSR count). The Morgan fingerprint density at radius 3 is 2.76 bits per heavy atom. The molecule has 1 aromatic heterocycles. The maximum atomic E-state index is 4.55. The molecule has 2 aliphatic rings. The molecule has 0 saturated carbocycles. The molecule has 17 heavy (non-hydrogen) atoms. The van der Waals surface area contributed by atoms with Gasteiger partial charge >= 0.3 is 0 Å². The molecule has 0 unspecified atom stereocenters. The molecule has 0 amide bonds. The number of hydrogen-bond acceptors (Lipinski definition) is 3. The van der Waals surface area contributed by atoms with E-state index in [9.17, 15) is 0 Å². The number of hydrogen-bond donors (Lipinski definition) is 2. The average molecular weight is 234 g/mol. The lowest BCUT2D eigenvalue weighted by Gasteiger charge is -2.26. The van der Waals surface area contributed by atoms with Crippen LogP contribution in [0.5, 0.6) is 0 Å². The van der Waals surface area contributed by atoms with Crippen LogP contribution in [0.1, 0.15) is 36.2 Å². The van der Waals surface area contributed by atoms with Gasteiger partial charge in [0.1, 0.15) is 0 Å². The third-order valence-electron chi connectivity index (χ3n) is 3.97. The number of H-pyrrole nitrogens is 1. The second-order valence-electron chi connectivity index (χ2n) is 5.21. The topological polar surface area (TPSA) is 44.0 Å². The van der Waals surface area contributed by atoms with Crippen molar-refractivity contribution in [2.45, 2.75) is 38.6 Å². The summed E-state index contributed by atoms with van der Waals surface area (Å²) >= 11 is 0. The summed E-state index contributed by atoms with van der Waals surface area (Å²) in [6.45, 7) is 5.58. The van der Waals surface area contributed by atoms with Crippen LogP contribution in [0.15, 0.2) is 0 Å². The monoisotopic (exact) mass is 234 g/mol. The minimum Gasteiger partial charge on any atom is -0.314 e. The SMILES string of the molecule is C1CCc2[nH]nc(CN3CCNCC3)c2CC1. The first kappa shape index (κ1) is 11.2. The van der Waals surface area contributed by atoms with Crippen molar-refractivity contribution in [1.29, 1.82) is 0 Å². The molecule has 0 aromatic carbocycles. The zero-order valence-electron chi connectivity index (χ0n) is 10.5. The van der Waals surface area contributed by atoms with Gasteiger partial charge in [0.25, 0.3) is 0 Å². The van der Waals surface area contributed by atoms with E-state index in [4.69, 9.17) is 0 Å². The number of piperazine rings is 1. The van der Waals surface area contributed by atoms with Gasteiger partial charge in [-0.1, -0.05) is 6.42 Å². The second-order valence-corrected chi connectivity index (χ2v) is 5.21. The van der Waals surface area contributed by atoms with E-state index in [2.05, 4.69) is 20.4 Å². The van der Waals surface area contributed by atoms with Crippen molar-refractivity contribution in [3.63, 3.8) is 0 Å². The van der Waals surface area contributed by atoms with Crippen LogP contribution in [0.4, 0.5) is 0 Å². The average Bonchev–Trinajstić information content (AvgIpc) is 2.61. The predicted molar refractivity (Wildman–Crippen MR) is 68.0 cm³/mol. The minimum absolute atomic E-state index is 1.04. The van der Waals surface area contributed by atoms with E-state index in [1.54, 1.807) is 0 Å². The molecule has 94 valence electrons. The minimum atomic E-state index is 1.04. The van der Waals surface area contributed by atoms with Crippen molar-refractivity contribution in [3.05, 3.63) is 17.0 Å². The van der Waals surface area contributed by atoms with Gasteiger partial charge in [-0.3, -0.25) is 10.00 Å². The fourth-order valence-corrected chi connectivity index (χ4v) is 2.94. The van der Waals surface area contributed by atoms with E-state index >= 15 is 0 Å². The zero-order chi connectivity index (χ0) is 11.5. The number of rotatable bonds is 2. The number of aryl methyl sites for hydroxylation is 1. The van der Waals surface area contributed by atoms with Crippen LogP contribution in [0.25, 0.3) is 0 Å². The van der Waals surface area contributed by atoms with Crippen LogP contribution in [-0.4, -0.2) is 41.3 Å². The molecule has 4 heteroatoms. The third kappa shape index (κ3) is 2.53. The van der Waals surface area contributed by atoms with Crippen LogP contribution in [0, 0.1) is 0 Å². The van der Waals surface area contributed by atoms with E-state index in [1.165, 1.54) is 49.1 Å². The molecule has 0 atom stereocenters. The quantitative estimate of drug-likeness (QED) is 0.753. The van der Waals surface area contributed by atoms with Crippen LogP contribution < -0.4 is 5.32 Å². The molecule has 0 radical (unpaired) electrons. The summed E-state index contributed by atoms with van der Waals surface area (Å²) in [6, 6.07) is 0. The van der Waals surface area contributed by atoms with Gasteiger partial charge < -0.3 is 5.32 Å². The molecule has 1 aromatic rings. The smallest absolute Gasteiger partial charge is 0.0797 e. The largest absolute Gasteiger partial charge is 0.314 e. The van der Waals surface area contributed by atoms with Crippen LogP contribution in [0.2, 0.25) is 0 Å². The van der Waals surface area contributed by atoms with Crippen molar-refractivity contribution >= 4 is 0 Å². The Kier molecular flexibility index (Phi) is 3.43. The van der Waals surface area contributed by atoms with Gasteiger partial charge in [0, 0.05) is 38.4 Å². The Labute approximate surface area is 103 Å². The summed E-state index contributed by atoms with van der Waals surface area (Å²) in [5.74, 6) is 0. The molecule has 1 aliphatic heterocycles. The Balaban J connectivity index is 1.71. The van der Waals surface area contributed by atoms with E-state index in [1.807, 2.05) is 0 Å².